The minimum absolute atomic E-state index is 0.0289. The molecule has 0 aliphatic carbocycles. The number of alkyl halides is 1. The molecule has 0 saturated carbocycles. The molecule has 21 heavy (non-hydrogen) atoms. The number of benzene rings is 2. The zero-order valence-electron chi connectivity index (χ0n) is 11.3. The standard InChI is InChI=1S/C16H16ClNO3/c17-9-3-5-11-4-1-6-12(10-11)18-16(21)13-7-2-8-14(19)15(13)20/h1-2,4,6-8,10,19-20H,3,5,9H2,(H,18,21). The van der Waals surface area contributed by atoms with Gasteiger partial charge in [0.25, 0.3) is 5.91 Å². The number of aryl methyl sites for hydroxylation is 1. The Bertz CT molecular complexity index is 643. The highest BCUT2D eigenvalue weighted by atomic mass is 35.5. The zero-order chi connectivity index (χ0) is 15.2. The number of phenolic OH excluding ortho intramolecular Hbond substituents is 2. The second-order valence-electron chi connectivity index (χ2n) is 4.62. The second kappa shape index (κ2) is 6.99. The van der Waals surface area contributed by atoms with E-state index in [1.165, 1.54) is 18.2 Å². The van der Waals surface area contributed by atoms with Crippen molar-refractivity contribution in [1.82, 2.24) is 0 Å². The monoisotopic (exact) mass is 305 g/mol. The lowest BCUT2D eigenvalue weighted by molar-refractivity contribution is 0.102. The van der Waals surface area contributed by atoms with Gasteiger partial charge in [-0.1, -0.05) is 18.2 Å². The van der Waals surface area contributed by atoms with Crippen LogP contribution in [0, 0.1) is 0 Å². The van der Waals surface area contributed by atoms with Crippen LogP contribution in [-0.4, -0.2) is 22.0 Å². The van der Waals surface area contributed by atoms with Gasteiger partial charge in [0.1, 0.15) is 0 Å². The number of halogens is 1. The Morgan fingerprint density at radius 2 is 1.90 bits per heavy atom. The van der Waals surface area contributed by atoms with Crippen LogP contribution >= 0.6 is 11.6 Å². The van der Waals surface area contributed by atoms with E-state index in [1.807, 2.05) is 18.2 Å². The summed E-state index contributed by atoms with van der Waals surface area (Å²) in [6.45, 7) is 0. The van der Waals surface area contributed by atoms with E-state index in [4.69, 9.17) is 11.6 Å². The first-order chi connectivity index (χ1) is 10.1. The summed E-state index contributed by atoms with van der Waals surface area (Å²) in [6, 6.07) is 11.7. The summed E-state index contributed by atoms with van der Waals surface area (Å²) in [5.74, 6) is -0.627. The maximum atomic E-state index is 12.1. The molecule has 110 valence electrons. The fourth-order valence-corrected chi connectivity index (χ4v) is 2.12. The van der Waals surface area contributed by atoms with E-state index < -0.39 is 11.7 Å². The highest BCUT2D eigenvalue weighted by Crippen LogP contribution is 2.28. The summed E-state index contributed by atoms with van der Waals surface area (Å²) in [7, 11) is 0. The van der Waals surface area contributed by atoms with Gasteiger partial charge in [-0.15, -0.1) is 11.6 Å². The van der Waals surface area contributed by atoms with Crippen molar-refractivity contribution in [3.05, 3.63) is 53.6 Å². The number of anilines is 1. The van der Waals surface area contributed by atoms with Crippen molar-refractivity contribution >= 4 is 23.2 Å². The normalized spacial score (nSPS) is 10.3. The lowest BCUT2D eigenvalue weighted by Gasteiger charge is -2.09. The van der Waals surface area contributed by atoms with Crippen molar-refractivity contribution in [2.24, 2.45) is 0 Å². The molecule has 1 amide bonds. The smallest absolute Gasteiger partial charge is 0.259 e. The third kappa shape index (κ3) is 3.89. The molecule has 0 spiro atoms. The molecule has 2 aromatic rings. The van der Waals surface area contributed by atoms with Crippen molar-refractivity contribution in [3.8, 4) is 11.5 Å². The maximum absolute atomic E-state index is 12.1. The van der Waals surface area contributed by atoms with Crippen LogP contribution in [-0.2, 0) is 6.42 Å². The quantitative estimate of drug-likeness (QED) is 0.585. The van der Waals surface area contributed by atoms with Gasteiger partial charge in [-0.25, -0.2) is 0 Å². The Morgan fingerprint density at radius 3 is 2.67 bits per heavy atom. The lowest BCUT2D eigenvalue weighted by atomic mass is 10.1. The molecule has 0 saturated heterocycles. The molecule has 0 unspecified atom stereocenters. The van der Waals surface area contributed by atoms with Crippen molar-refractivity contribution in [3.63, 3.8) is 0 Å². The van der Waals surface area contributed by atoms with Gasteiger partial charge in [-0.05, 0) is 42.7 Å². The van der Waals surface area contributed by atoms with Crippen LogP contribution in [0.4, 0.5) is 5.69 Å². The molecule has 4 nitrogen and oxygen atoms in total. The third-order valence-electron chi connectivity index (χ3n) is 3.04. The zero-order valence-corrected chi connectivity index (χ0v) is 12.1. The first kappa shape index (κ1) is 15.2. The average Bonchev–Trinajstić information content (AvgIpc) is 2.48. The fraction of sp³-hybridized carbons (Fsp3) is 0.188. The van der Waals surface area contributed by atoms with Crippen LogP contribution in [0.25, 0.3) is 0 Å². The van der Waals surface area contributed by atoms with E-state index in [0.29, 0.717) is 11.6 Å². The van der Waals surface area contributed by atoms with Gasteiger partial charge < -0.3 is 15.5 Å². The minimum Gasteiger partial charge on any atom is -0.504 e. The Hall–Kier alpha value is -2.20. The number of aromatic hydroxyl groups is 2. The molecule has 2 rings (SSSR count). The molecule has 0 aliphatic rings. The van der Waals surface area contributed by atoms with Gasteiger partial charge in [0.15, 0.2) is 11.5 Å². The predicted octanol–water partition coefficient (Wildman–Crippen LogP) is 3.52. The number of rotatable bonds is 5. The Balaban J connectivity index is 2.14. The summed E-state index contributed by atoms with van der Waals surface area (Å²) in [6.07, 6.45) is 1.71. The second-order valence-corrected chi connectivity index (χ2v) is 5.00. The Morgan fingerprint density at radius 1 is 1.14 bits per heavy atom. The van der Waals surface area contributed by atoms with Gasteiger partial charge >= 0.3 is 0 Å². The number of hydrogen-bond donors (Lipinski definition) is 3. The summed E-state index contributed by atoms with van der Waals surface area (Å²) >= 11 is 5.67. The van der Waals surface area contributed by atoms with Gasteiger partial charge in [-0.2, -0.15) is 0 Å². The number of carbonyl (C=O) groups is 1. The molecular weight excluding hydrogens is 290 g/mol. The largest absolute Gasteiger partial charge is 0.504 e. The van der Waals surface area contributed by atoms with Crippen LogP contribution in [0.3, 0.4) is 0 Å². The van der Waals surface area contributed by atoms with Gasteiger partial charge in [0.2, 0.25) is 0 Å². The van der Waals surface area contributed by atoms with Crippen molar-refractivity contribution < 1.29 is 15.0 Å². The van der Waals surface area contributed by atoms with E-state index in [0.717, 1.165) is 18.4 Å². The van der Waals surface area contributed by atoms with E-state index in [1.54, 1.807) is 6.07 Å². The number of para-hydroxylation sites is 1. The summed E-state index contributed by atoms with van der Waals surface area (Å²) in [4.78, 5) is 12.1. The van der Waals surface area contributed by atoms with E-state index in [-0.39, 0.29) is 11.3 Å². The maximum Gasteiger partial charge on any atom is 0.259 e. The summed E-state index contributed by atoms with van der Waals surface area (Å²) in [5, 5.41) is 21.8. The minimum atomic E-state index is -0.474. The molecule has 0 aromatic heterocycles. The molecule has 5 heteroatoms. The van der Waals surface area contributed by atoms with Crippen LogP contribution in [0.5, 0.6) is 11.5 Å². The summed E-state index contributed by atoms with van der Waals surface area (Å²) in [5.41, 5.74) is 1.74. The third-order valence-corrected chi connectivity index (χ3v) is 3.31. The summed E-state index contributed by atoms with van der Waals surface area (Å²) < 4.78 is 0. The van der Waals surface area contributed by atoms with E-state index >= 15 is 0 Å². The lowest BCUT2D eigenvalue weighted by Crippen LogP contribution is -2.12. The molecule has 0 fully saturated rings. The molecule has 0 heterocycles. The number of carbonyl (C=O) groups excluding carboxylic acids is 1. The van der Waals surface area contributed by atoms with Crippen LogP contribution in [0.15, 0.2) is 42.5 Å². The van der Waals surface area contributed by atoms with Crippen molar-refractivity contribution in [2.75, 3.05) is 11.2 Å². The number of phenols is 2. The van der Waals surface area contributed by atoms with Crippen LogP contribution in [0.1, 0.15) is 22.3 Å². The molecule has 3 N–H and O–H groups in total. The van der Waals surface area contributed by atoms with Crippen molar-refractivity contribution in [1.29, 1.82) is 0 Å². The molecule has 0 bridgehead atoms. The average molecular weight is 306 g/mol. The van der Waals surface area contributed by atoms with Crippen LogP contribution < -0.4 is 5.32 Å². The first-order valence-corrected chi connectivity index (χ1v) is 7.12. The molecule has 2 aromatic carbocycles. The number of nitrogens with one attached hydrogen (secondary N) is 1. The molecular formula is C16H16ClNO3. The Labute approximate surface area is 128 Å². The van der Waals surface area contributed by atoms with E-state index in [9.17, 15) is 15.0 Å². The number of hydrogen-bond acceptors (Lipinski definition) is 3. The first-order valence-electron chi connectivity index (χ1n) is 6.59. The highest BCUT2D eigenvalue weighted by Gasteiger charge is 2.14. The topological polar surface area (TPSA) is 69.6 Å². The van der Waals surface area contributed by atoms with Crippen LogP contribution in [0.2, 0.25) is 0 Å². The SMILES string of the molecule is O=C(Nc1cccc(CCCCl)c1)c1cccc(O)c1O. The molecule has 0 atom stereocenters. The molecule has 0 aliphatic heterocycles. The van der Waals surface area contributed by atoms with Gasteiger partial charge in [0, 0.05) is 11.6 Å². The Kier molecular flexibility index (Phi) is 5.06. The van der Waals surface area contributed by atoms with E-state index in [2.05, 4.69) is 5.32 Å². The van der Waals surface area contributed by atoms with Crippen molar-refractivity contribution in [2.45, 2.75) is 12.8 Å². The predicted molar refractivity (Wildman–Crippen MR) is 83.2 cm³/mol. The fourth-order valence-electron chi connectivity index (χ4n) is 1.99. The molecule has 0 radical (unpaired) electrons. The van der Waals surface area contributed by atoms with Gasteiger partial charge in [-0.3, -0.25) is 4.79 Å². The van der Waals surface area contributed by atoms with Gasteiger partial charge in [0.05, 0.1) is 5.56 Å². The highest BCUT2D eigenvalue weighted by molar-refractivity contribution is 6.17. The number of amides is 1.